The summed E-state index contributed by atoms with van der Waals surface area (Å²) >= 11 is 6.24. The third-order valence-corrected chi connectivity index (χ3v) is 4.92. The molecule has 0 aliphatic rings. The van der Waals surface area contributed by atoms with E-state index >= 15 is 0 Å². The van der Waals surface area contributed by atoms with Gasteiger partial charge in [0.2, 0.25) is 0 Å². The summed E-state index contributed by atoms with van der Waals surface area (Å²) in [5, 5.41) is 0.401. The maximum atomic E-state index is 14.3. The molecule has 3 nitrogen and oxygen atoms in total. The Balaban J connectivity index is 1.72. The van der Waals surface area contributed by atoms with Gasteiger partial charge in [0.15, 0.2) is 0 Å². The molecule has 136 valence electrons. The lowest BCUT2D eigenvalue weighted by atomic mass is 10.2. The van der Waals surface area contributed by atoms with Gasteiger partial charge < -0.3 is 9.30 Å². The summed E-state index contributed by atoms with van der Waals surface area (Å²) in [6.45, 7) is 2.57. The summed E-state index contributed by atoms with van der Waals surface area (Å²) in [5.74, 6) is 1.20. The molecule has 4 aromatic rings. The number of rotatable bonds is 5. The number of nitrogens with zero attached hydrogens (tertiary/aromatic N) is 2. The highest BCUT2D eigenvalue weighted by atomic mass is 35.5. The van der Waals surface area contributed by atoms with Gasteiger partial charge in [-0.05, 0) is 42.8 Å². The summed E-state index contributed by atoms with van der Waals surface area (Å²) in [6.07, 6.45) is 0. The van der Waals surface area contributed by atoms with Crippen molar-refractivity contribution in [3.05, 3.63) is 94.5 Å². The minimum Gasteiger partial charge on any atom is -0.485 e. The van der Waals surface area contributed by atoms with Crippen molar-refractivity contribution in [3.8, 4) is 5.75 Å². The Morgan fingerprint density at radius 1 is 1.00 bits per heavy atom. The molecule has 0 aliphatic heterocycles. The van der Waals surface area contributed by atoms with Crippen molar-refractivity contribution in [1.29, 1.82) is 0 Å². The first kappa shape index (κ1) is 17.6. The fraction of sp³-hybridized carbons (Fsp3) is 0.136. The molecule has 1 heterocycles. The molecule has 0 N–H and O–H groups in total. The van der Waals surface area contributed by atoms with Crippen molar-refractivity contribution in [3.63, 3.8) is 0 Å². The monoisotopic (exact) mass is 380 g/mol. The van der Waals surface area contributed by atoms with Crippen LogP contribution in [0.15, 0.2) is 66.7 Å². The van der Waals surface area contributed by atoms with Crippen LogP contribution in [0, 0.1) is 12.7 Å². The van der Waals surface area contributed by atoms with Gasteiger partial charge in [0.05, 0.1) is 17.6 Å². The van der Waals surface area contributed by atoms with Gasteiger partial charge in [-0.25, -0.2) is 9.37 Å². The summed E-state index contributed by atoms with van der Waals surface area (Å²) in [4.78, 5) is 4.69. The molecule has 4 rings (SSSR count). The standard InChI is InChI=1S/C22H18ClFN2O/c1-15-7-2-5-12-21(15)27-14-22-25-19-10-3-4-11-20(19)26(22)13-16-17(23)8-6-9-18(16)24/h2-12H,13-14H2,1H3. The van der Waals surface area contributed by atoms with E-state index in [9.17, 15) is 4.39 Å². The molecule has 0 fully saturated rings. The zero-order valence-corrected chi connectivity index (χ0v) is 15.6. The maximum Gasteiger partial charge on any atom is 0.148 e. The van der Waals surface area contributed by atoms with E-state index in [0.29, 0.717) is 17.1 Å². The second-order valence-electron chi connectivity index (χ2n) is 6.36. The van der Waals surface area contributed by atoms with Crippen LogP contribution in [0.3, 0.4) is 0 Å². The lowest BCUT2D eigenvalue weighted by molar-refractivity contribution is 0.289. The Hall–Kier alpha value is -2.85. The fourth-order valence-corrected chi connectivity index (χ4v) is 3.34. The van der Waals surface area contributed by atoms with Crippen LogP contribution in [0.5, 0.6) is 5.75 Å². The smallest absolute Gasteiger partial charge is 0.148 e. The number of hydrogen-bond donors (Lipinski definition) is 0. The molecular weight excluding hydrogens is 363 g/mol. The lowest BCUT2D eigenvalue weighted by Gasteiger charge is -2.13. The largest absolute Gasteiger partial charge is 0.485 e. The molecule has 0 bridgehead atoms. The Kier molecular flexibility index (Phi) is 4.82. The second-order valence-corrected chi connectivity index (χ2v) is 6.76. The molecule has 0 saturated heterocycles. The van der Waals surface area contributed by atoms with Crippen LogP contribution in [0.1, 0.15) is 17.0 Å². The zero-order chi connectivity index (χ0) is 18.8. The molecule has 0 saturated carbocycles. The molecule has 0 spiro atoms. The Bertz CT molecular complexity index is 1090. The van der Waals surface area contributed by atoms with Crippen molar-refractivity contribution < 1.29 is 9.13 Å². The quantitative estimate of drug-likeness (QED) is 0.440. The minimum atomic E-state index is -0.328. The first-order valence-electron chi connectivity index (χ1n) is 8.69. The van der Waals surface area contributed by atoms with E-state index in [-0.39, 0.29) is 12.4 Å². The van der Waals surface area contributed by atoms with Crippen molar-refractivity contribution in [2.45, 2.75) is 20.1 Å². The fourth-order valence-electron chi connectivity index (χ4n) is 3.11. The SMILES string of the molecule is Cc1ccccc1OCc1nc2ccccc2n1Cc1c(F)cccc1Cl. The molecule has 1 aromatic heterocycles. The van der Waals surface area contributed by atoms with Gasteiger partial charge in [-0.3, -0.25) is 0 Å². The molecule has 5 heteroatoms. The van der Waals surface area contributed by atoms with E-state index in [4.69, 9.17) is 16.3 Å². The van der Waals surface area contributed by atoms with E-state index in [0.717, 1.165) is 28.2 Å². The molecule has 0 unspecified atom stereocenters. The highest BCUT2D eigenvalue weighted by molar-refractivity contribution is 6.31. The van der Waals surface area contributed by atoms with Gasteiger partial charge in [0.1, 0.15) is 24.0 Å². The van der Waals surface area contributed by atoms with E-state index < -0.39 is 0 Å². The predicted molar refractivity (Wildman–Crippen MR) is 106 cm³/mol. The first-order valence-corrected chi connectivity index (χ1v) is 9.07. The Labute approximate surface area is 162 Å². The molecule has 0 radical (unpaired) electrons. The Morgan fingerprint density at radius 2 is 1.78 bits per heavy atom. The number of ether oxygens (including phenoxy) is 1. The van der Waals surface area contributed by atoms with Crippen LogP contribution >= 0.6 is 11.6 Å². The number of aromatic nitrogens is 2. The first-order chi connectivity index (χ1) is 13.1. The highest BCUT2D eigenvalue weighted by Gasteiger charge is 2.15. The third kappa shape index (κ3) is 3.53. The zero-order valence-electron chi connectivity index (χ0n) is 14.8. The van der Waals surface area contributed by atoms with Crippen LogP contribution in [-0.4, -0.2) is 9.55 Å². The summed E-state index contributed by atoms with van der Waals surface area (Å²) in [5.41, 5.74) is 3.25. The molecule has 0 aliphatic carbocycles. The minimum absolute atomic E-state index is 0.283. The van der Waals surface area contributed by atoms with Gasteiger partial charge in [-0.2, -0.15) is 0 Å². The number of benzene rings is 3. The normalized spacial score (nSPS) is 11.1. The molecule has 27 heavy (non-hydrogen) atoms. The van der Waals surface area contributed by atoms with Crippen LogP contribution in [0.4, 0.5) is 4.39 Å². The van der Waals surface area contributed by atoms with Crippen LogP contribution in [0.25, 0.3) is 11.0 Å². The number of halogens is 2. The maximum absolute atomic E-state index is 14.3. The van der Waals surface area contributed by atoms with Gasteiger partial charge in [0.25, 0.3) is 0 Å². The number of aryl methyl sites for hydroxylation is 1. The summed E-state index contributed by atoms with van der Waals surface area (Å²) < 4.78 is 22.3. The summed E-state index contributed by atoms with van der Waals surface area (Å²) in [6, 6.07) is 20.3. The van der Waals surface area contributed by atoms with Crippen molar-refractivity contribution in [2.24, 2.45) is 0 Å². The van der Waals surface area contributed by atoms with Gasteiger partial charge in [-0.15, -0.1) is 0 Å². The number of para-hydroxylation sites is 3. The number of fused-ring (bicyclic) bond motifs is 1. The van der Waals surface area contributed by atoms with Crippen molar-refractivity contribution >= 4 is 22.6 Å². The van der Waals surface area contributed by atoms with Crippen molar-refractivity contribution in [2.75, 3.05) is 0 Å². The lowest BCUT2D eigenvalue weighted by Crippen LogP contribution is -2.10. The average Bonchev–Trinajstić information content (AvgIpc) is 3.02. The molecule has 3 aromatic carbocycles. The van der Waals surface area contributed by atoms with Crippen LogP contribution in [-0.2, 0) is 13.2 Å². The number of imidazole rings is 1. The third-order valence-electron chi connectivity index (χ3n) is 4.56. The van der Waals surface area contributed by atoms with E-state index in [1.165, 1.54) is 6.07 Å². The average molecular weight is 381 g/mol. The van der Waals surface area contributed by atoms with E-state index in [2.05, 4.69) is 4.98 Å². The number of hydrogen-bond acceptors (Lipinski definition) is 2. The van der Waals surface area contributed by atoms with E-state index in [1.54, 1.807) is 12.1 Å². The van der Waals surface area contributed by atoms with Gasteiger partial charge >= 0.3 is 0 Å². The van der Waals surface area contributed by atoms with E-state index in [1.807, 2.05) is 60.0 Å². The Morgan fingerprint density at radius 3 is 2.59 bits per heavy atom. The molecule has 0 atom stereocenters. The molecular formula is C22H18ClFN2O. The highest BCUT2D eigenvalue weighted by Crippen LogP contribution is 2.25. The van der Waals surface area contributed by atoms with Crippen LogP contribution in [0.2, 0.25) is 5.02 Å². The second kappa shape index (κ2) is 7.41. The predicted octanol–water partition coefficient (Wildman–Crippen LogP) is 5.76. The van der Waals surface area contributed by atoms with Gasteiger partial charge in [-0.1, -0.05) is 48.0 Å². The topological polar surface area (TPSA) is 27.1 Å². The molecule has 0 amide bonds. The van der Waals surface area contributed by atoms with Gasteiger partial charge in [0, 0.05) is 10.6 Å². The summed E-state index contributed by atoms with van der Waals surface area (Å²) in [7, 11) is 0. The van der Waals surface area contributed by atoms with Crippen LogP contribution < -0.4 is 4.74 Å². The van der Waals surface area contributed by atoms with Crippen molar-refractivity contribution in [1.82, 2.24) is 9.55 Å².